The zero-order valence-electron chi connectivity index (χ0n) is 18.8. The van der Waals surface area contributed by atoms with Crippen molar-refractivity contribution in [3.8, 4) is 28.8 Å². The Labute approximate surface area is 198 Å². The lowest BCUT2D eigenvalue weighted by atomic mass is 10.1. The topological polar surface area (TPSA) is 79.9 Å². The lowest BCUT2D eigenvalue weighted by Gasteiger charge is -2.08. The predicted molar refractivity (Wildman–Crippen MR) is 132 cm³/mol. The van der Waals surface area contributed by atoms with Crippen LogP contribution >= 0.6 is 0 Å². The second-order valence-electron chi connectivity index (χ2n) is 7.54. The van der Waals surface area contributed by atoms with Crippen molar-refractivity contribution in [2.75, 3.05) is 6.54 Å². The first-order chi connectivity index (χ1) is 16.7. The summed E-state index contributed by atoms with van der Waals surface area (Å²) in [5.74, 6) is 0.290. The van der Waals surface area contributed by atoms with Gasteiger partial charge in [0, 0.05) is 23.9 Å². The van der Waals surface area contributed by atoms with Crippen LogP contribution in [-0.2, 0) is 11.4 Å². The molecule has 1 heterocycles. The molecular weight excluding hydrogens is 424 g/mol. The van der Waals surface area contributed by atoms with E-state index in [1.165, 1.54) is 0 Å². The van der Waals surface area contributed by atoms with Crippen molar-refractivity contribution in [3.05, 3.63) is 108 Å². The first-order valence-electron chi connectivity index (χ1n) is 11.0. The summed E-state index contributed by atoms with van der Waals surface area (Å²) >= 11 is 0. The number of nitrogens with one attached hydrogen (secondary N) is 1. The van der Waals surface area contributed by atoms with Crippen LogP contribution in [0.4, 0.5) is 0 Å². The number of carbonyl (C=O) groups excluding carboxylic acids is 1. The lowest BCUT2D eigenvalue weighted by Crippen LogP contribution is -2.23. The van der Waals surface area contributed by atoms with Crippen molar-refractivity contribution < 1.29 is 9.53 Å². The number of likely N-dealkylation sites (N-methyl/N-ethyl adjacent to an activating group) is 1. The van der Waals surface area contributed by atoms with Gasteiger partial charge in [0.2, 0.25) is 0 Å². The Morgan fingerprint density at radius 1 is 1.06 bits per heavy atom. The molecule has 1 amide bonds. The smallest absolute Gasteiger partial charge is 0.261 e. The maximum Gasteiger partial charge on any atom is 0.261 e. The monoisotopic (exact) mass is 448 g/mol. The van der Waals surface area contributed by atoms with Crippen molar-refractivity contribution in [3.63, 3.8) is 0 Å². The van der Waals surface area contributed by atoms with Crippen LogP contribution in [0.1, 0.15) is 18.1 Å². The number of hydrogen-bond donors (Lipinski definition) is 1. The largest absolute Gasteiger partial charge is 0.489 e. The molecule has 0 fully saturated rings. The van der Waals surface area contributed by atoms with E-state index in [0.717, 1.165) is 16.8 Å². The van der Waals surface area contributed by atoms with Crippen molar-refractivity contribution >= 4 is 12.0 Å². The molecule has 1 N–H and O–H groups in total. The summed E-state index contributed by atoms with van der Waals surface area (Å²) in [7, 11) is 0. The molecule has 4 aromatic rings. The Bertz CT molecular complexity index is 1340. The quantitative estimate of drug-likeness (QED) is 0.298. The summed E-state index contributed by atoms with van der Waals surface area (Å²) in [4.78, 5) is 12.3. The average molecular weight is 449 g/mol. The van der Waals surface area contributed by atoms with Crippen molar-refractivity contribution in [1.29, 1.82) is 5.26 Å². The fourth-order valence-corrected chi connectivity index (χ4v) is 3.46. The number of nitrogens with zero attached hydrogens (tertiary/aromatic N) is 3. The minimum Gasteiger partial charge on any atom is -0.489 e. The summed E-state index contributed by atoms with van der Waals surface area (Å²) in [6.45, 7) is 2.70. The molecule has 0 bridgehead atoms. The molecule has 34 heavy (non-hydrogen) atoms. The Morgan fingerprint density at radius 2 is 1.79 bits per heavy atom. The maximum atomic E-state index is 12.3. The third kappa shape index (κ3) is 5.40. The number of hydrogen-bond acceptors (Lipinski definition) is 4. The van der Waals surface area contributed by atoms with E-state index in [1.807, 2.05) is 104 Å². The molecule has 0 saturated heterocycles. The molecule has 0 atom stereocenters. The van der Waals surface area contributed by atoms with E-state index < -0.39 is 5.91 Å². The first-order valence-corrected chi connectivity index (χ1v) is 11.0. The maximum absolute atomic E-state index is 12.3. The van der Waals surface area contributed by atoms with Gasteiger partial charge >= 0.3 is 0 Å². The van der Waals surface area contributed by atoms with Gasteiger partial charge in [0.25, 0.3) is 5.91 Å². The minimum absolute atomic E-state index is 0.0205. The molecule has 168 valence electrons. The Hall–Kier alpha value is -4.63. The van der Waals surface area contributed by atoms with Crippen LogP contribution in [0.3, 0.4) is 0 Å². The van der Waals surface area contributed by atoms with E-state index in [-0.39, 0.29) is 5.57 Å². The van der Waals surface area contributed by atoms with Gasteiger partial charge in [-0.2, -0.15) is 10.4 Å². The highest BCUT2D eigenvalue weighted by molar-refractivity contribution is 6.02. The van der Waals surface area contributed by atoms with E-state index in [4.69, 9.17) is 9.84 Å². The van der Waals surface area contributed by atoms with Crippen LogP contribution in [0.5, 0.6) is 5.75 Å². The van der Waals surface area contributed by atoms with E-state index in [0.29, 0.717) is 30.2 Å². The SMILES string of the molecule is CCNC(=O)/C(C#N)=C\c1cn(-c2ccccc2)nc1-c1cccc(OCc2ccccc2)c1. The highest BCUT2D eigenvalue weighted by atomic mass is 16.5. The number of rotatable bonds is 8. The predicted octanol–water partition coefficient (Wildman–Crippen LogP) is 5.16. The first kappa shape index (κ1) is 22.6. The van der Waals surface area contributed by atoms with Crippen molar-refractivity contribution in [1.82, 2.24) is 15.1 Å². The van der Waals surface area contributed by atoms with Crippen LogP contribution < -0.4 is 10.1 Å². The molecule has 0 aliphatic heterocycles. The second kappa shape index (κ2) is 10.8. The fraction of sp³-hybridized carbons (Fsp3) is 0.107. The number of nitriles is 1. The van der Waals surface area contributed by atoms with Crippen LogP contribution in [0.15, 0.2) is 96.7 Å². The average Bonchev–Trinajstić information content (AvgIpc) is 3.31. The minimum atomic E-state index is -0.414. The van der Waals surface area contributed by atoms with Crippen molar-refractivity contribution in [2.45, 2.75) is 13.5 Å². The van der Waals surface area contributed by atoms with Crippen LogP contribution in [0.2, 0.25) is 0 Å². The molecule has 3 aromatic carbocycles. The molecule has 6 nitrogen and oxygen atoms in total. The number of benzene rings is 3. The standard InChI is InChI=1S/C28H24N4O2/c1-2-30-28(33)23(18-29)16-24-19-32(25-13-7-4-8-14-25)31-27(24)22-12-9-15-26(17-22)34-20-21-10-5-3-6-11-21/h3-17,19H,2,20H2,1H3,(H,30,33)/b23-16-. The summed E-state index contributed by atoms with van der Waals surface area (Å²) in [5.41, 5.74) is 4.09. The fourth-order valence-electron chi connectivity index (χ4n) is 3.46. The van der Waals surface area contributed by atoms with Gasteiger partial charge in [-0.25, -0.2) is 4.68 Å². The summed E-state index contributed by atoms with van der Waals surface area (Å²) in [6, 6.07) is 29.3. The normalized spacial score (nSPS) is 11.0. The molecule has 0 spiro atoms. The molecule has 6 heteroatoms. The van der Waals surface area contributed by atoms with Gasteiger partial charge in [-0.1, -0.05) is 60.7 Å². The molecule has 0 saturated carbocycles. The molecule has 0 unspecified atom stereocenters. The molecule has 0 aliphatic carbocycles. The van der Waals surface area contributed by atoms with Gasteiger partial charge in [-0.15, -0.1) is 0 Å². The number of aromatic nitrogens is 2. The molecule has 1 aromatic heterocycles. The Balaban J connectivity index is 1.72. The van der Waals surface area contributed by atoms with Crippen LogP contribution in [0, 0.1) is 11.3 Å². The molecule has 0 aliphatic rings. The second-order valence-corrected chi connectivity index (χ2v) is 7.54. The Kier molecular flexibility index (Phi) is 7.16. The Morgan fingerprint density at radius 3 is 2.50 bits per heavy atom. The third-order valence-electron chi connectivity index (χ3n) is 5.12. The number of ether oxygens (including phenoxy) is 1. The van der Waals surface area contributed by atoms with E-state index >= 15 is 0 Å². The van der Waals surface area contributed by atoms with Gasteiger partial charge in [-0.3, -0.25) is 4.79 Å². The van der Waals surface area contributed by atoms with E-state index in [2.05, 4.69) is 5.32 Å². The zero-order chi connectivity index (χ0) is 23.8. The van der Waals surface area contributed by atoms with Crippen molar-refractivity contribution in [2.24, 2.45) is 0 Å². The van der Waals surface area contributed by atoms with E-state index in [9.17, 15) is 10.1 Å². The summed E-state index contributed by atoms with van der Waals surface area (Å²) in [6.07, 6.45) is 3.39. The summed E-state index contributed by atoms with van der Waals surface area (Å²) < 4.78 is 7.73. The third-order valence-corrected chi connectivity index (χ3v) is 5.12. The number of carbonyl (C=O) groups is 1. The lowest BCUT2D eigenvalue weighted by molar-refractivity contribution is -0.116. The van der Waals surface area contributed by atoms with Gasteiger partial charge in [-0.05, 0) is 42.8 Å². The zero-order valence-corrected chi connectivity index (χ0v) is 18.8. The van der Waals surface area contributed by atoms with Gasteiger partial charge in [0.15, 0.2) is 0 Å². The number of para-hydroxylation sites is 1. The van der Waals surface area contributed by atoms with Gasteiger partial charge < -0.3 is 10.1 Å². The van der Waals surface area contributed by atoms with Gasteiger partial charge in [0.05, 0.1) is 5.69 Å². The summed E-state index contributed by atoms with van der Waals surface area (Å²) in [5, 5.41) is 17.0. The highest BCUT2D eigenvalue weighted by Crippen LogP contribution is 2.29. The molecule has 4 rings (SSSR count). The van der Waals surface area contributed by atoms with E-state index in [1.54, 1.807) is 10.8 Å². The molecule has 0 radical (unpaired) electrons. The van der Waals surface area contributed by atoms with Crippen LogP contribution in [0.25, 0.3) is 23.0 Å². The van der Waals surface area contributed by atoms with Crippen LogP contribution in [-0.4, -0.2) is 22.2 Å². The molecular formula is C28H24N4O2. The highest BCUT2D eigenvalue weighted by Gasteiger charge is 2.15. The van der Waals surface area contributed by atoms with Gasteiger partial charge in [0.1, 0.15) is 29.7 Å². The number of amides is 1.